The van der Waals surface area contributed by atoms with E-state index in [0.29, 0.717) is 0 Å². The lowest BCUT2D eigenvalue weighted by atomic mass is 9.89. The summed E-state index contributed by atoms with van der Waals surface area (Å²) in [4.78, 5) is 0. The summed E-state index contributed by atoms with van der Waals surface area (Å²) >= 11 is 8.48. The van der Waals surface area contributed by atoms with Gasteiger partial charge in [0, 0.05) is 0 Å². The number of hydrogen-bond acceptors (Lipinski definition) is 0. The zero-order valence-corrected chi connectivity index (χ0v) is 15.4. The van der Waals surface area contributed by atoms with E-state index in [1.807, 2.05) is 0 Å². The molecule has 0 N–H and O–H groups in total. The molecule has 0 aliphatic heterocycles. The van der Waals surface area contributed by atoms with Crippen molar-refractivity contribution in [1.29, 1.82) is 0 Å². The van der Waals surface area contributed by atoms with Crippen LogP contribution in [-0.2, 0) is 0 Å². The predicted molar refractivity (Wildman–Crippen MR) is 64.4 cm³/mol. The van der Waals surface area contributed by atoms with Crippen LogP contribution in [0.1, 0.15) is 0 Å². The Morgan fingerprint density at radius 3 is 0.900 bits per heavy atom. The van der Waals surface area contributed by atoms with Gasteiger partial charge in [-0.15, -0.1) is 22.2 Å². The van der Waals surface area contributed by atoms with E-state index in [0.717, 1.165) is 0 Å². The Balaban J connectivity index is 6.82. The zero-order valence-electron chi connectivity index (χ0n) is 12.7. The summed E-state index contributed by atoms with van der Waals surface area (Å²) < 4.78 is 232. The van der Waals surface area contributed by atoms with Gasteiger partial charge in [0.1, 0.15) is 0 Å². The van der Waals surface area contributed by atoms with E-state index in [9.17, 15) is 79.0 Å². The highest BCUT2D eigenvalue weighted by molar-refractivity contribution is 7.34. The molecule has 0 aromatic carbocycles. The fourth-order valence-corrected chi connectivity index (χ4v) is 2.76. The summed E-state index contributed by atoms with van der Waals surface area (Å²) in [5.41, 5.74) is -6.69. The lowest BCUT2D eigenvalue weighted by Crippen LogP contribution is -2.75. The minimum Gasteiger partial charge on any atom is -0.203 e. The number of hydrogen-bond donors (Lipinski definition) is 0. The van der Waals surface area contributed by atoms with Crippen LogP contribution in [0.25, 0.3) is 0 Å². The van der Waals surface area contributed by atoms with Gasteiger partial charge in [-0.2, -0.15) is 61.5 Å². The van der Waals surface area contributed by atoms with E-state index in [2.05, 4.69) is 22.2 Å². The van der Waals surface area contributed by atoms with Gasteiger partial charge in [-0.25, -0.2) is 17.6 Å². The first-order chi connectivity index (χ1) is 12.6. The molecule has 0 unspecified atom stereocenters. The summed E-state index contributed by atoms with van der Waals surface area (Å²) in [6.45, 7) is 0. The first-order valence-corrected chi connectivity index (χ1v) is 10.3. The van der Waals surface area contributed by atoms with Crippen LogP contribution < -0.4 is 0 Å². The van der Waals surface area contributed by atoms with Gasteiger partial charge in [-0.3, -0.25) is 0 Å². The monoisotopic (exact) mass is 550 g/mol. The van der Waals surface area contributed by atoms with E-state index in [-0.39, 0.29) is 0 Å². The van der Waals surface area contributed by atoms with Crippen LogP contribution in [-0.4, -0.2) is 60.8 Å². The smallest absolute Gasteiger partial charge is 0.203 e. The van der Waals surface area contributed by atoms with Crippen LogP contribution in [0.5, 0.6) is 0 Å². The van der Waals surface area contributed by atoms with Gasteiger partial charge in [0.25, 0.3) is 0 Å². The van der Waals surface area contributed by atoms with Crippen LogP contribution >= 0.6 is 22.2 Å². The molecule has 0 bridgehead atoms. The van der Waals surface area contributed by atoms with Gasteiger partial charge in [0.2, 0.25) is 0 Å². The molecule has 0 aromatic heterocycles. The number of alkyl halides is 18. The fourth-order valence-electron chi connectivity index (χ4n) is 1.48. The van der Waals surface area contributed by atoms with Crippen molar-refractivity contribution in [3.05, 3.63) is 0 Å². The van der Waals surface area contributed by atoms with Gasteiger partial charge in [-0.05, 0) is 0 Å². The Bertz CT molecular complexity index is 573. The second-order valence-electron chi connectivity index (χ2n) is 5.29. The molecule has 0 saturated carbocycles. The molecular formula is C9H2Cl2F18Si. The number of halogens is 20. The highest BCUT2D eigenvalue weighted by Gasteiger charge is 2.95. The Labute approximate surface area is 163 Å². The summed E-state index contributed by atoms with van der Waals surface area (Å²) in [5, 5.41) is 0. The lowest BCUT2D eigenvalue weighted by molar-refractivity contribution is -0.453. The normalized spacial score (nSPS) is 16.6. The average molecular weight is 551 g/mol. The van der Waals surface area contributed by atoms with Crippen molar-refractivity contribution >= 4 is 29.6 Å². The summed E-state index contributed by atoms with van der Waals surface area (Å²) in [6.07, 6.45) is -5.99. The van der Waals surface area contributed by atoms with Crippen LogP contribution in [0.4, 0.5) is 79.0 Å². The summed E-state index contributed by atoms with van der Waals surface area (Å²) in [7, 11) is -5.60. The van der Waals surface area contributed by atoms with Gasteiger partial charge >= 0.3 is 60.8 Å². The van der Waals surface area contributed by atoms with Crippen molar-refractivity contribution in [3.63, 3.8) is 0 Å². The average Bonchev–Trinajstić information content (AvgIpc) is 2.52. The van der Waals surface area contributed by atoms with E-state index in [1.165, 1.54) is 0 Å². The Morgan fingerprint density at radius 1 is 0.433 bits per heavy atom. The zero-order chi connectivity index (χ0) is 25.2. The summed E-state index contributed by atoms with van der Waals surface area (Å²) in [5.74, 6) is -58.2. The topological polar surface area (TPSA) is 0 Å². The number of rotatable bonds is 9. The third-order valence-corrected chi connectivity index (χ3v) is 5.91. The predicted octanol–water partition coefficient (Wildman–Crippen LogP) is 6.57. The Morgan fingerprint density at radius 2 is 0.667 bits per heavy atom. The summed E-state index contributed by atoms with van der Waals surface area (Å²) in [6, 6.07) is 0. The van der Waals surface area contributed by atoms with E-state index < -0.39 is 60.8 Å². The van der Waals surface area contributed by atoms with Crippen molar-refractivity contribution in [2.24, 2.45) is 0 Å². The molecular weight excluding hydrogens is 549 g/mol. The molecule has 0 fully saturated rings. The molecule has 0 spiro atoms. The van der Waals surface area contributed by atoms with Gasteiger partial charge in [0.05, 0.1) is 0 Å². The highest BCUT2D eigenvalue weighted by Crippen LogP contribution is 2.64. The van der Waals surface area contributed by atoms with Crippen molar-refractivity contribution in [3.8, 4) is 0 Å². The van der Waals surface area contributed by atoms with Gasteiger partial charge in [0.15, 0.2) is 0 Å². The second-order valence-corrected chi connectivity index (χ2v) is 9.91. The van der Waals surface area contributed by atoms with Crippen molar-refractivity contribution < 1.29 is 79.0 Å². The molecule has 0 atom stereocenters. The van der Waals surface area contributed by atoms with Crippen LogP contribution in [0, 0.1) is 0 Å². The van der Waals surface area contributed by atoms with E-state index >= 15 is 0 Å². The molecule has 0 rings (SSSR count). The Kier molecular flexibility index (Phi) is 7.43. The minimum atomic E-state index is -8.75. The molecule has 0 amide bonds. The maximum Gasteiger partial charge on any atom is 0.385 e. The standard InChI is InChI=1S/C9H2Cl2F18Si/c10-30(11)9(28,29)8(26,27)7(24,25)6(22,23)5(20,21)4(18,19)3(16,17)2(14,15)1(12)13/h1,30H. The largest absolute Gasteiger partial charge is 0.385 e. The molecule has 0 saturated heterocycles. The maximum absolute atomic E-state index is 13.3. The second kappa shape index (κ2) is 7.55. The molecule has 0 nitrogen and oxygen atoms in total. The van der Waals surface area contributed by atoms with Crippen molar-refractivity contribution in [2.45, 2.75) is 53.4 Å². The fraction of sp³-hybridized carbons (Fsp3) is 1.00. The third kappa shape index (κ3) is 3.49. The van der Waals surface area contributed by atoms with E-state index in [1.54, 1.807) is 0 Å². The minimum absolute atomic E-state index is 4.24. The lowest BCUT2D eigenvalue weighted by Gasteiger charge is -2.43. The van der Waals surface area contributed by atoms with Crippen LogP contribution in [0.2, 0.25) is 0 Å². The molecule has 0 aliphatic rings. The quantitative estimate of drug-likeness (QED) is 0.173. The molecule has 21 heteroatoms. The molecule has 0 radical (unpaired) electrons. The first kappa shape index (κ1) is 29.5. The van der Waals surface area contributed by atoms with Gasteiger partial charge in [-0.1, -0.05) is 0 Å². The molecule has 30 heavy (non-hydrogen) atoms. The van der Waals surface area contributed by atoms with Crippen molar-refractivity contribution in [2.75, 3.05) is 0 Å². The van der Waals surface area contributed by atoms with Crippen molar-refractivity contribution in [1.82, 2.24) is 0 Å². The highest BCUT2D eigenvalue weighted by atomic mass is 35.7. The van der Waals surface area contributed by atoms with Crippen LogP contribution in [0.15, 0.2) is 0 Å². The maximum atomic E-state index is 13.3. The molecule has 0 heterocycles. The molecule has 182 valence electrons. The molecule has 0 aliphatic carbocycles. The van der Waals surface area contributed by atoms with E-state index in [4.69, 9.17) is 0 Å². The van der Waals surface area contributed by atoms with Gasteiger partial charge < -0.3 is 0 Å². The SMILES string of the molecule is FC(F)C(F)(F)C(F)(F)C(F)(F)C(F)(F)C(F)(F)C(F)(F)C(F)(F)C(F)(F)[SiH](Cl)Cl. The van der Waals surface area contributed by atoms with Crippen LogP contribution in [0.3, 0.4) is 0 Å². The first-order valence-electron chi connectivity index (χ1n) is 6.22. The molecule has 0 aromatic rings. The third-order valence-electron chi connectivity index (χ3n) is 3.36. The Hall–Kier alpha value is -0.463.